The van der Waals surface area contributed by atoms with Crippen LogP contribution in [0.25, 0.3) is 0 Å². The van der Waals surface area contributed by atoms with E-state index in [0.717, 1.165) is 0 Å². The Morgan fingerprint density at radius 2 is 1.90 bits per heavy atom. The molecule has 1 fully saturated rings. The van der Waals surface area contributed by atoms with Crippen molar-refractivity contribution in [1.82, 2.24) is 5.32 Å². The van der Waals surface area contributed by atoms with Crippen LogP contribution >= 0.6 is 11.8 Å². The molecule has 9 heteroatoms. The van der Waals surface area contributed by atoms with Gasteiger partial charge in [-0.05, 0) is 25.5 Å². The number of amides is 1. The molecule has 2 atom stereocenters. The molecule has 1 aliphatic heterocycles. The first-order valence-corrected chi connectivity index (χ1v) is 12.1. The lowest BCUT2D eigenvalue weighted by Gasteiger charge is -2.18. The van der Waals surface area contributed by atoms with Crippen molar-refractivity contribution in [2.75, 3.05) is 18.1 Å². The van der Waals surface area contributed by atoms with E-state index < -0.39 is 26.5 Å². The van der Waals surface area contributed by atoms with Crippen LogP contribution in [0.4, 0.5) is 0 Å². The summed E-state index contributed by atoms with van der Waals surface area (Å²) in [6.45, 7) is 6.64. The van der Waals surface area contributed by atoms with Crippen molar-refractivity contribution in [3.8, 4) is 0 Å². The highest BCUT2D eigenvalue weighted by Crippen LogP contribution is 2.28. The van der Waals surface area contributed by atoms with Gasteiger partial charge in [0.1, 0.15) is 0 Å². The predicted octanol–water partition coefficient (Wildman–Crippen LogP) is 2.24. The minimum Gasteiger partial charge on any atom is -0.454 e. The maximum atomic E-state index is 12.4. The van der Waals surface area contributed by atoms with Crippen LogP contribution in [-0.4, -0.2) is 55.5 Å². The van der Waals surface area contributed by atoms with Crippen molar-refractivity contribution in [3.63, 3.8) is 0 Å². The van der Waals surface area contributed by atoms with E-state index in [1.807, 2.05) is 0 Å². The van der Waals surface area contributed by atoms with Gasteiger partial charge < -0.3 is 10.1 Å². The number of Topliss-reactive ketones (excluding diaryl/α,β-unsaturated/α-hetero) is 1. The SMILES string of the molecule is C[C@@H](Sc1ccccc1C(=O)OCC(=O)C(C)(C)C)C(=O)N[C@@H]1CCS(=O)(=O)C1. The molecule has 29 heavy (non-hydrogen) atoms. The molecule has 7 nitrogen and oxygen atoms in total. The first kappa shape index (κ1) is 23.4. The molecule has 0 saturated carbocycles. The first-order chi connectivity index (χ1) is 13.4. The van der Waals surface area contributed by atoms with E-state index >= 15 is 0 Å². The monoisotopic (exact) mass is 441 g/mol. The summed E-state index contributed by atoms with van der Waals surface area (Å²) in [6, 6.07) is 6.34. The van der Waals surface area contributed by atoms with Gasteiger partial charge in [-0.2, -0.15) is 0 Å². The Hall–Kier alpha value is -1.87. The Balaban J connectivity index is 1.99. The highest BCUT2D eigenvalue weighted by Gasteiger charge is 2.30. The van der Waals surface area contributed by atoms with Gasteiger partial charge in [0.05, 0.1) is 22.3 Å². The van der Waals surface area contributed by atoms with Crippen molar-refractivity contribution in [3.05, 3.63) is 29.8 Å². The van der Waals surface area contributed by atoms with Crippen molar-refractivity contribution in [2.24, 2.45) is 5.41 Å². The van der Waals surface area contributed by atoms with Gasteiger partial charge in [0, 0.05) is 16.4 Å². The number of carbonyl (C=O) groups excluding carboxylic acids is 3. The largest absolute Gasteiger partial charge is 0.454 e. The number of sulfone groups is 1. The van der Waals surface area contributed by atoms with E-state index in [1.165, 1.54) is 11.8 Å². The maximum absolute atomic E-state index is 12.4. The maximum Gasteiger partial charge on any atom is 0.339 e. The lowest BCUT2D eigenvalue weighted by Crippen LogP contribution is -2.40. The summed E-state index contributed by atoms with van der Waals surface area (Å²) in [6.07, 6.45) is 0.413. The van der Waals surface area contributed by atoms with Gasteiger partial charge in [0.2, 0.25) is 5.91 Å². The molecule has 0 unspecified atom stereocenters. The van der Waals surface area contributed by atoms with Crippen LogP contribution in [-0.2, 0) is 24.2 Å². The fourth-order valence-electron chi connectivity index (χ4n) is 2.63. The number of thioether (sulfide) groups is 1. The molecule has 160 valence electrons. The van der Waals surface area contributed by atoms with Gasteiger partial charge in [-0.1, -0.05) is 32.9 Å². The van der Waals surface area contributed by atoms with Crippen LogP contribution in [0.3, 0.4) is 0 Å². The molecule has 0 aromatic heterocycles. The molecule has 1 saturated heterocycles. The van der Waals surface area contributed by atoms with Crippen molar-refractivity contribution >= 4 is 39.3 Å². The van der Waals surface area contributed by atoms with Crippen molar-refractivity contribution < 1.29 is 27.5 Å². The van der Waals surface area contributed by atoms with Crippen molar-refractivity contribution in [2.45, 2.75) is 50.3 Å². The van der Waals surface area contributed by atoms with Gasteiger partial charge in [-0.15, -0.1) is 11.8 Å². The Morgan fingerprint density at radius 3 is 2.48 bits per heavy atom. The van der Waals surface area contributed by atoms with Crippen LogP contribution in [0.2, 0.25) is 0 Å². The number of rotatable bonds is 7. The fraction of sp³-hybridized carbons (Fsp3) is 0.550. The van der Waals surface area contributed by atoms with E-state index in [-0.39, 0.29) is 41.4 Å². The summed E-state index contributed by atoms with van der Waals surface area (Å²) < 4.78 is 28.2. The number of ether oxygens (including phenoxy) is 1. The molecular weight excluding hydrogens is 414 g/mol. The molecular formula is C20H27NO6S2. The topological polar surface area (TPSA) is 107 Å². The molecule has 1 aromatic carbocycles. The van der Waals surface area contributed by atoms with E-state index in [9.17, 15) is 22.8 Å². The minimum absolute atomic E-state index is 0.0408. The zero-order valence-electron chi connectivity index (χ0n) is 17.1. The predicted molar refractivity (Wildman–Crippen MR) is 112 cm³/mol. The fourth-order valence-corrected chi connectivity index (χ4v) is 5.30. The lowest BCUT2D eigenvalue weighted by atomic mass is 9.91. The molecule has 1 aliphatic rings. The standard InChI is InChI=1S/C20H27NO6S2/c1-13(18(23)21-14-9-10-29(25,26)12-14)28-16-8-6-5-7-15(16)19(24)27-11-17(22)20(2,3)4/h5-8,13-14H,9-12H2,1-4H3,(H,21,23)/t13-,14-/m1/s1. The summed E-state index contributed by atoms with van der Waals surface area (Å²) >= 11 is 1.18. The van der Waals surface area contributed by atoms with E-state index in [0.29, 0.717) is 11.3 Å². The third-order valence-electron chi connectivity index (χ3n) is 4.53. The van der Waals surface area contributed by atoms with Crippen LogP contribution in [0.1, 0.15) is 44.5 Å². The quantitative estimate of drug-likeness (QED) is 0.511. The zero-order valence-corrected chi connectivity index (χ0v) is 18.7. The molecule has 1 N–H and O–H groups in total. The summed E-state index contributed by atoms with van der Waals surface area (Å²) in [5.41, 5.74) is -0.322. The molecule has 1 aromatic rings. The smallest absolute Gasteiger partial charge is 0.339 e. The average molecular weight is 442 g/mol. The third-order valence-corrected chi connectivity index (χ3v) is 7.48. The number of hydrogen-bond donors (Lipinski definition) is 1. The van der Waals surface area contributed by atoms with E-state index in [2.05, 4.69) is 5.32 Å². The van der Waals surface area contributed by atoms with Gasteiger partial charge in [0.25, 0.3) is 0 Å². The Labute approximate surface area is 175 Å². The molecule has 1 amide bonds. The molecule has 0 spiro atoms. The van der Waals surface area contributed by atoms with Crippen molar-refractivity contribution in [1.29, 1.82) is 0 Å². The van der Waals surface area contributed by atoms with Gasteiger partial charge in [-0.25, -0.2) is 13.2 Å². The zero-order chi connectivity index (χ0) is 21.8. The molecule has 1 heterocycles. The molecule has 0 aliphatic carbocycles. The average Bonchev–Trinajstić information content (AvgIpc) is 2.97. The summed E-state index contributed by atoms with van der Waals surface area (Å²) in [7, 11) is -3.08. The van der Waals surface area contributed by atoms with Gasteiger partial charge in [0.15, 0.2) is 22.2 Å². The normalized spacial score (nSPS) is 19.4. The van der Waals surface area contributed by atoms with E-state index in [4.69, 9.17) is 4.74 Å². The second kappa shape index (κ2) is 9.30. The Kier molecular flexibility index (Phi) is 7.50. The van der Waals surface area contributed by atoms with Crippen LogP contribution in [0, 0.1) is 5.41 Å². The number of ketones is 1. The van der Waals surface area contributed by atoms with Gasteiger partial charge >= 0.3 is 5.97 Å². The van der Waals surface area contributed by atoms with Crippen LogP contribution in [0.15, 0.2) is 29.2 Å². The Morgan fingerprint density at radius 1 is 1.24 bits per heavy atom. The lowest BCUT2D eigenvalue weighted by molar-refractivity contribution is -0.129. The van der Waals surface area contributed by atoms with E-state index in [1.54, 1.807) is 52.0 Å². The number of carbonyl (C=O) groups is 3. The number of benzene rings is 1. The number of hydrogen-bond acceptors (Lipinski definition) is 7. The molecule has 2 rings (SSSR count). The van der Waals surface area contributed by atoms with Crippen LogP contribution < -0.4 is 5.32 Å². The Bertz CT molecular complexity index is 888. The number of esters is 1. The minimum atomic E-state index is -3.08. The highest BCUT2D eigenvalue weighted by molar-refractivity contribution is 8.00. The second-order valence-electron chi connectivity index (χ2n) is 8.11. The number of nitrogens with one attached hydrogen (secondary N) is 1. The third kappa shape index (κ3) is 6.85. The molecule has 0 bridgehead atoms. The van der Waals surface area contributed by atoms with Gasteiger partial charge in [-0.3, -0.25) is 9.59 Å². The van der Waals surface area contributed by atoms with Crippen LogP contribution in [0.5, 0.6) is 0 Å². The summed E-state index contributed by atoms with van der Waals surface area (Å²) in [4.78, 5) is 37.4. The summed E-state index contributed by atoms with van der Waals surface area (Å²) in [5, 5.41) is 2.22. The first-order valence-electron chi connectivity index (χ1n) is 9.36. The highest BCUT2D eigenvalue weighted by atomic mass is 32.2. The summed E-state index contributed by atoms with van der Waals surface area (Å²) in [5.74, 6) is -1.05. The molecule has 0 radical (unpaired) electrons. The second-order valence-corrected chi connectivity index (χ2v) is 11.7.